The number of aliphatic carboxylic acids is 1. The minimum absolute atomic E-state index is 0.152. The van der Waals surface area contributed by atoms with Gasteiger partial charge in [0.05, 0.1) is 6.04 Å². The summed E-state index contributed by atoms with van der Waals surface area (Å²) in [6.07, 6.45) is -0.840. The fourth-order valence-corrected chi connectivity index (χ4v) is 2.67. The Bertz CT molecular complexity index is 519. The van der Waals surface area contributed by atoms with Crippen LogP contribution in [0.3, 0.4) is 0 Å². The van der Waals surface area contributed by atoms with Crippen LogP contribution in [0.2, 0.25) is 0 Å². The lowest BCUT2D eigenvalue weighted by Gasteiger charge is -2.26. The summed E-state index contributed by atoms with van der Waals surface area (Å²) in [6.45, 7) is 3.75. The molecule has 1 N–H and O–H groups in total. The van der Waals surface area contributed by atoms with Crippen LogP contribution in [0.4, 0.5) is 4.79 Å². The molecule has 0 aromatic heterocycles. The summed E-state index contributed by atoms with van der Waals surface area (Å²) in [5.41, 5.74) is 0.880. The van der Waals surface area contributed by atoms with Gasteiger partial charge in [0.25, 0.3) is 0 Å². The van der Waals surface area contributed by atoms with Gasteiger partial charge in [-0.15, -0.1) is 0 Å². The number of hydrogen-bond acceptors (Lipinski definition) is 4. The molecule has 1 saturated heterocycles. The molecule has 1 aliphatic rings. The summed E-state index contributed by atoms with van der Waals surface area (Å²) in [4.78, 5) is 25.0. The maximum atomic E-state index is 12.3. The first-order chi connectivity index (χ1) is 10.5. The Labute approximate surface area is 129 Å². The fourth-order valence-electron chi connectivity index (χ4n) is 2.67. The van der Waals surface area contributed by atoms with Crippen molar-refractivity contribution in [1.82, 2.24) is 4.90 Å². The zero-order chi connectivity index (χ0) is 16.1. The van der Waals surface area contributed by atoms with E-state index in [4.69, 9.17) is 9.47 Å². The second-order valence-electron chi connectivity index (χ2n) is 5.30. The van der Waals surface area contributed by atoms with Gasteiger partial charge >= 0.3 is 12.1 Å². The number of carboxylic acid groups (broad SMARTS) is 1. The summed E-state index contributed by atoms with van der Waals surface area (Å²) in [5, 5.41) is 9.23. The molecule has 3 atom stereocenters. The number of amides is 1. The quantitative estimate of drug-likeness (QED) is 0.905. The van der Waals surface area contributed by atoms with Crippen molar-refractivity contribution in [2.45, 2.75) is 51.7 Å². The molecule has 22 heavy (non-hydrogen) atoms. The van der Waals surface area contributed by atoms with Gasteiger partial charge in [-0.25, -0.2) is 9.59 Å². The average molecular weight is 307 g/mol. The maximum absolute atomic E-state index is 12.3. The molecule has 120 valence electrons. The lowest BCUT2D eigenvalue weighted by Crippen LogP contribution is -2.44. The number of carbonyl (C=O) groups is 2. The van der Waals surface area contributed by atoms with Gasteiger partial charge < -0.3 is 14.6 Å². The van der Waals surface area contributed by atoms with E-state index in [1.54, 1.807) is 6.92 Å². The van der Waals surface area contributed by atoms with Crippen molar-refractivity contribution in [1.29, 1.82) is 0 Å². The van der Waals surface area contributed by atoms with Crippen molar-refractivity contribution in [3.05, 3.63) is 35.9 Å². The van der Waals surface area contributed by atoms with E-state index in [-0.39, 0.29) is 6.61 Å². The molecule has 0 spiro atoms. The first kappa shape index (κ1) is 16.3. The van der Waals surface area contributed by atoms with E-state index in [1.165, 1.54) is 4.90 Å². The van der Waals surface area contributed by atoms with E-state index in [0.717, 1.165) is 12.0 Å². The van der Waals surface area contributed by atoms with Gasteiger partial charge in [-0.1, -0.05) is 43.7 Å². The highest BCUT2D eigenvalue weighted by Crippen LogP contribution is 2.27. The minimum atomic E-state index is -1.05. The van der Waals surface area contributed by atoms with Gasteiger partial charge in [0, 0.05) is 0 Å². The van der Waals surface area contributed by atoms with Crippen molar-refractivity contribution < 1.29 is 24.2 Å². The Hall–Kier alpha value is -2.08. The summed E-state index contributed by atoms with van der Waals surface area (Å²) in [5.74, 6) is -1.05. The van der Waals surface area contributed by atoms with Crippen LogP contribution < -0.4 is 0 Å². The number of nitrogens with zero attached hydrogens (tertiary/aromatic N) is 1. The second-order valence-corrected chi connectivity index (χ2v) is 5.30. The molecular formula is C16H21NO5. The molecule has 1 aromatic rings. The molecule has 6 nitrogen and oxygen atoms in total. The highest BCUT2D eigenvalue weighted by Gasteiger charge is 2.46. The van der Waals surface area contributed by atoms with Crippen LogP contribution in [0, 0.1) is 0 Å². The van der Waals surface area contributed by atoms with Crippen LogP contribution in [-0.4, -0.2) is 40.4 Å². The number of carboxylic acids is 1. The van der Waals surface area contributed by atoms with Crippen LogP contribution in [-0.2, 0) is 20.9 Å². The molecule has 1 heterocycles. The predicted octanol–water partition coefficient (Wildman–Crippen LogP) is 2.62. The van der Waals surface area contributed by atoms with Gasteiger partial charge in [-0.05, 0) is 18.9 Å². The van der Waals surface area contributed by atoms with E-state index in [9.17, 15) is 14.7 Å². The summed E-state index contributed by atoms with van der Waals surface area (Å²) in [7, 11) is 0. The molecule has 1 amide bonds. The standard InChI is InChI=1S/C16H21NO5/c1-3-7-13-14(15(18)19)22-11(2)17(13)16(20)21-10-12-8-5-4-6-9-12/h4-6,8-9,11,13-14H,3,7,10H2,1-2H3,(H,18,19)/t11?,13-,14?/m0/s1. The highest BCUT2D eigenvalue weighted by molar-refractivity contribution is 5.76. The highest BCUT2D eigenvalue weighted by atomic mass is 16.6. The summed E-state index contributed by atoms with van der Waals surface area (Å²) >= 11 is 0. The van der Waals surface area contributed by atoms with Gasteiger partial charge in [-0.2, -0.15) is 0 Å². The predicted molar refractivity (Wildman–Crippen MR) is 79.1 cm³/mol. The number of ether oxygens (including phenoxy) is 2. The topological polar surface area (TPSA) is 76.1 Å². The molecule has 0 aliphatic carbocycles. The largest absolute Gasteiger partial charge is 0.479 e. The number of rotatable bonds is 5. The van der Waals surface area contributed by atoms with E-state index in [1.807, 2.05) is 37.3 Å². The molecule has 0 radical (unpaired) electrons. The van der Waals surface area contributed by atoms with E-state index in [0.29, 0.717) is 6.42 Å². The zero-order valence-electron chi connectivity index (χ0n) is 12.8. The zero-order valence-corrected chi connectivity index (χ0v) is 12.8. The third-order valence-corrected chi connectivity index (χ3v) is 3.69. The van der Waals surface area contributed by atoms with Crippen LogP contribution in [0.15, 0.2) is 30.3 Å². The van der Waals surface area contributed by atoms with Gasteiger partial charge in [-0.3, -0.25) is 4.90 Å². The Balaban J connectivity index is 2.04. The van der Waals surface area contributed by atoms with Crippen molar-refractivity contribution in [3.63, 3.8) is 0 Å². The monoisotopic (exact) mass is 307 g/mol. The van der Waals surface area contributed by atoms with Crippen LogP contribution in [0.25, 0.3) is 0 Å². The van der Waals surface area contributed by atoms with E-state index < -0.39 is 30.4 Å². The van der Waals surface area contributed by atoms with Gasteiger partial charge in [0.15, 0.2) is 6.10 Å². The molecule has 1 aliphatic heterocycles. The first-order valence-electron chi connectivity index (χ1n) is 7.42. The number of benzene rings is 1. The third kappa shape index (κ3) is 3.57. The van der Waals surface area contributed by atoms with Gasteiger partial charge in [0.2, 0.25) is 0 Å². The SMILES string of the molecule is CCC[C@H]1C(C(=O)O)OC(C)N1C(=O)OCc1ccccc1. The smallest absolute Gasteiger partial charge is 0.412 e. The molecular weight excluding hydrogens is 286 g/mol. The Morgan fingerprint density at radius 2 is 2.00 bits per heavy atom. The minimum Gasteiger partial charge on any atom is -0.479 e. The number of hydrogen-bond donors (Lipinski definition) is 1. The number of carbonyl (C=O) groups excluding carboxylic acids is 1. The Morgan fingerprint density at radius 1 is 1.32 bits per heavy atom. The fraction of sp³-hybridized carbons (Fsp3) is 0.500. The van der Waals surface area contributed by atoms with Crippen molar-refractivity contribution >= 4 is 12.1 Å². The van der Waals surface area contributed by atoms with Crippen molar-refractivity contribution in [2.24, 2.45) is 0 Å². The molecule has 6 heteroatoms. The molecule has 1 aromatic carbocycles. The Morgan fingerprint density at radius 3 is 2.59 bits per heavy atom. The van der Waals surface area contributed by atoms with Gasteiger partial charge in [0.1, 0.15) is 12.8 Å². The molecule has 2 unspecified atom stereocenters. The normalized spacial score (nSPS) is 24.3. The maximum Gasteiger partial charge on any atom is 0.412 e. The lowest BCUT2D eigenvalue weighted by atomic mass is 10.1. The lowest BCUT2D eigenvalue weighted by molar-refractivity contribution is -0.149. The van der Waals surface area contributed by atoms with Crippen LogP contribution in [0.5, 0.6) is 0 Å². The van der Waals surface area contributed by atoms with E-state index >= 15 is 0 Å². The third-order valence-electron chi connectivity index (χ3n) is 3.69. The van der Waals surface area contributed by atoms with Crippen molar-refractivity contribution in [3.8, 4) is 0 Å². The van der Waals surface area contributed by atoms with Crippen LogP contribution in [0.1, 0.15) is 32.3 Å². The van der Waals surface area contributed by atoms with Crippen LogP contribution >= 0.6 is 0 Å². The summed E-state index contributed by atoms with van der Waals surface area (Å²) in [6, 6.07) is 8.84. The average Bonchev–Trinajstić information content (AvgIpc) is 2.83. The molecule has 1 fully saturated rings. The van der Waals surface area contributed by atoms with E-state index in [2.05, 4.69) is 0 Å². The molecule has 0 bridgehead atoms. The van der Waals surface area contributed by atoms with Crippen molar-refractivity contribution in [2.75, 3.05) is 0 Å². The molecule has 2 rings (SSSR count). The molecule has 0 saturated carbocycles. The Kier molecular flexibility index (Phi) is 5.38. The second kappa shape index (κ2) is 7.26. The summed E-state index contributed by atoms with van der Waals surface area (Å²) < 4.78 is 10.7. The first-order valence-corrected chi connectivity index (χ1v) is 7.42.